The fraction of sp³-hybridized carbons (Fsp3) is 0.458. The second-order valence-corrected chi connectivity index (χ2v) is 11.5. The Bertz CT molecular complexity index is 1250. The molecule has 3 unspecified atom stereocenters. The van der Waals surface area contributed by atoms with Crippen LogP contribution >= 0.6 is 23.5 Å². The fourth-order valence-corrected chi connectivity index (χ4v) is 7.19. The van der Waals surface area contributed by atoms with Gasteiger partial charge in [-0.15, -0.1) is 11.8 Å². The Morgan fingerprint density at radius 3 is 2.89 bits per heavy atom. The Balaban J connectivity index is 1.32. The van der Waals surface area contributed by atoms with Crippen LogP contribution in [0.4, 0.5) is 0 Å². The lowest BCUT2D eigenvalue weighted by Crippen LogP contribution is -2.71. The second kappa shape index (κ2) is 11.0. The number of hydrogen-bond acceptors (Lipinski definition) is 10. The Morgan fingerprint density at radius 2 is 2.24 bits per heavy atom. The summed E-state index contributed by atoms with van der Waals surface area (Å²) in [6.07, 6.45) is 6.21. The summed E-state index contributed by atoms with van der Waals surface area (Å²) in [5.41, 5.74) is 7.54. The molecule has 5 rings (SSSR count). The van der Waals surface area contributed by atoms with Gasteiger partial charge in [0.25, 0.3) is 11.8 Å². The van der Waals surface area contributed by atoms with E-state index >= 15 is 0 Å². The summed E-state index contributed by atoms with van der Waals surface area (Å²) in [6.45, 7) is 1.41. The van der Waals surface area contributed by atoms with Gasteiger partial charge in [0.15, 0.2) is 24.7 Å². The van der Waals surface area contributed by atoms with Gasteiger partial charge < -0.3 is 26.3 Å². The molecule has 4 aliphatic heterocycles. The number of nitrogens with two attached hydrogens (primary N) is 1. The molecular formula is C24H30N7O5S2+. The number of rotatable bonds is 8. The van der Waals surface area contributed by atoms with Crippen LogP contribution in [-0.4, -0.2) is 81.8 Å². The SMILES string of the molecule is CO/N=C(\C(=O)N[C@@H]1C(=O)N2C(C(=O)O)=C(C[n+]3cccc(C4CCCN4C)c3)CSC12)C1=CSC(N)N1. The van der Waals surface area contributed by atoms with E-state index in [1.165, 1.54) is 41.1 Å². The van der Waals surface area contributed by atoms with Crippen molar-refractivity contribution >= 4 is 47.0 Å². The number of nitrogens with one attached hydrogen (secondary N) is 2. The maximum Gasteiger partial charge on any atom is 0.352 e. The third-order valence-electron chi connectivity index (χ3n) is 6.98. The van der Waals surface area contributed by atoms with E-state index in [9.17, 15) is 19.5 Å². The van der Waals surface area contributed by atoms with Crippen molar-refractivity contribution in [3.05, 3.63) is 52.5 Å². The molecule has 0 aromatic carbocycles. The zero-order chi connectivity index (χ0) is 27.0. The van der Waals surface area contributed by atoms with Gasteiger partial charge >= 0.3 is 5.97 Å². The quantitative estimate of drug-likeness (QED) is 0.147. The number of thioether (sulfide) groups is 2. The van der Waals surface area contributed by atoms with Crippen LogP contribution in [0.1, 0.15) is 24.4 Å². The van der Waals surface area contributed by atoms with Gasteiger partial charge in [-0.3, -0.25) is 19.4 Å². The number of carboxylic acids is 1. The number of oxime groups is 1. The molecule has 0 spiro atoms. The third kappa shape index (κ3) is 5.00. The maximum atomic E-state index is 13.1. The average Bonchev–Trinajstić information content (AvgIpc) is 3.53. The average molecular weight is 561 g/mol. The molecule has 4 atom stereocenters. The van der Waals surface area contributed by atoms with Crippen molar-refractivity contribution in [2.24, 2.45) is 10.9 Å². The molecule has 0 radical (unpaired) electrons. The number of nitrogens with zero attached hydrogens (tertiary/aromatic N) is 4. The summed E-state index contributed by atoms with van der Waals surface area (Å²) in [7, 11) is 3.43. The number of hydrogen-bond donors (Lipinski definition) is 4. The molecule has 38 heavy (non-hydrogen) atoms. The minimum absolute atomic E-state index is 0.0199. The van der Waals surface area contributed by atoms with Crippen LogP contribution in [0.5, 0.6) is 0 Å². The van der Waals surface area contributed by atoms with Gasteiger partial charge in [-0.25, -0.2) is 9.36 Å². The Kier molecular flexibility index (Phi) is 7.66. The van der Waals surface area contributed by atoms with Crippen molar-refractivity contribution < 1.29 is 28.9 Å². The van der Waals surface area contributed by atoms with E-state index in [-0.39, 0.29) is 11.4 Å². The number of pyridine rings is 1. The molecular weight excluding hydrogens is 530 g/mol. The lowest BCUT2D eigenvalue weighted by molar-refractivity contribution is -0.689. The number of carbonyl (C=O) groups is 3. The van der Waals surface area contributed by atoms with E-state index in [0.29, 0.717) is 29.6 Å². The van der Waals surface area contributed by atoms with E-state index in [1.54, 1.807) is 5.41 Å². The second-order valence-electron chi connectivity index (χ2n) is 9.42. The lowest BCUT2D eigenvalue weighted by Gasteiger charge is -2.49. The molecule has 2 saturated heterocycles. The van der Waals surface area contributed by atoms with Crippen LogP contribution in [0.3, 0.4) is 0 Å². The monoisotopic (exact) mass is 560 g/mol. The summed E-state index contributed by atoms with van der Waals surface area (Å²) in [4.78, 5) is 46.8. The van der Waals surface area contributed by atoms with Gasteiger partial charge in [0.2, 0.25) is 0 Å². The van der Waals surface area contributed by atoms with Gasteiger partial charge in [-0.2, -0.15) is 0 Å². The zero-order valence-electron chi connectivity index (χ0n) is 21.0. The first-order valence-electron chi connectivity index (χ1n) is 12.2. The van der Waals surface area contributed by atoms with Crippen LogP contribution in [0.2, 0.25) is 0 Å². The van der Waals surface area contributed by atoms with E-state index in [1.807, 2.05) is 16.8 Å². The first-order valence-corrected chi connectivity index (χ1v) is 14.2. The number of carboxylic acid groups (broad SMARTS) is 1. The molecule has 1 aromatic rings. The highest BCUT2D eigenvalue weighted by Gasteiger charge is 2.55. The van der Waals surface area contributed by atoms with Gasteiger partial charge in [0.05, 0.1) is 5.70 Å². The third-order valence-corrected chi connectivity index (χ3v) is 9.10. The van der Waals surface area contributed by atoms with Gasteiger partial charge in [0, 0.05) is 34.4 Å². The Hall–Kier alpha value is -3.07. The molecule has 202 valence electrons. The van der Waals surface area contributed by atoms with Crippen molar-refractivity contribution in [3.8, 4) is 0 Å². The highest BCUT2D eigenvalue weighted by Crippen LogP contribution is 2.40. The fourth-order valence-electron chi connectivity index (χ4n) is 5.19. The topological polar surface area (TPSA) is 153 Å². The number of likely N-dealkylation sites (tertiary alicyclic amines) is 1. The minimum Gasteiger partial charge on any atom is -0.477 e. The summed E-state index contributed by atoms with van der Waals surface area (Å²) >= 11 is 2.70. The van der Waals surface area contributed by atoms with E-state index < -0.39 is 34.7 Å². The molecule has 4 aliphatic rings. The molecule has 0 saturated carbocycles. The molecule has 0 aliphatic carbocycles. The van der Waals surface area contributed by atoms with Gasteiger partial charge in [-0.1, -0.05) is 16.9 Å². The molecule has 5 heterocycles. The van der Waals surface area contributed by atoms with E-state index in [4.69, 9.17) is 10.6 Å². The molecule has 5 N–H and O–H groups in total. The smallest absolute Gasteiger partial charge is 0.352 e. The zero-order valence-corrected chi connectivity index (χ0v) is 22.6. The predicted octanol–water partition coefficient (Wildman–Crippen LogP) is -0.0981. The van der Waals surface area contributed by atoms with Gasteiger partial charge in [-0.05, 0) is 32.5 Å². The van der Waals surface area contributed by atoms with Crippen LogP contribution in [0.25, 0.3) is 0 Å². The summed E-state index contributed by atoms with van der Waals surface area (Å²) in [5, 5.41) is 20.6. The van der Waals surface area contributed by atoms with Crippen molar-refractivity contribution in [2.45, 2.75) is 42.3 Å². The first-order chi connectivity index (χ1) is 18.3. The van der Waals surface area contributed by atoms with Crippen LogP contribution in [0.15, 0.2) is 52.1 Å². The summed E-state index contributed by atoms with van der Waals surface area (Å²) < 4.78 is 1.97. The van der Waals surface area contributed by atoms with Crippen molar-refractivity contribution in [1.82, 2.24) is 20.4 Å². The standard InChI is InChI=1S/C24H29N7O5S2/c1-29-7-4-6-16(29)13-5-3-8-30(9-13)10-14-11-37-22-18(21(33)31(22)19(14)23(34)35)27-20(32)17(28-36-2)15-12-38-24(25)26-15/h3,5,8-9,12,16,18,22,24,26H,4,6-7,10-11,25H2,1-2H3,(H-,27,32,34,35)/p+1/b28-17-/t16?,18-,22?,24?/m1/s1. The van der Waals surface area contributed by atoms with Gasteiger partial charge in [0.1, 0.15) is 29.7 Å². The molecule has 0 bridgehead atoms. The van der Waals surface area contributed by atoms with Crippen LogP contribution in [-0.2, 0) is 25.8 Å². The highest BCUT2D eigenvalue weighted by molar-refractivity contribution is 8.02. The minimum atomic E-state index is -1.16. The molecule has 2 amide bonds. The van der Waals surface area contributed by atoms with Crippen LogP contribution in [0, 0.1) is 0 Å². The largest absolute Gasteiger partial charge is 0.477 e. The normalized spacial score (nSPS) is 27.4. The summed E-state index contributed by atoms with van der Waals surface area (Å²) in [6, 6.07) is 3.53. The molecule has 2 fully saturated rings. The maximum absolute atomic E-state index is 13.1. The number of carbonyl (C=O) groups excluding carboxylic acids is 2. The van der Waals surface area contributed by atoms with Crippen molar-refractivity contribution in [2.75, 3.05) is 26.5 Å². The van der Waals surface area contributed by atoms with Crippen LogP contribution < -0.4 is 20.9 Å². The number of aliphatic carboxylic acids is 1. The van der Waals surface area contributed by atoms with E-state index in [0.717, 1.165) is 19.4 Å². The number of β-lactam (4-membered cyclic amide) rings is 1. The molecule has 1 aromatic heterocycles. The number of aromatic nitrogens is 1. The predicted molar refractivity (Wildman–Crippen MR) is 142 cm³/mol. The Morgan fingerprint density at radius 1 is 1.42 bits per heavy atom. The summed E-state index contributed by atoms with van der Waals surface area (Å²) in [5.74, 6) is -1.84. The molecule has 14 heteroatoms. The first kappa shape index (κ1) is 26.5. The number of fused-ring (bicyclic) bond motifs is 1. The van der Waals surface area contributed by atoms with Crippen molar-refractivity contribution in [1.29, 1.82) is 0 Å². The number of amides is 2. The highest BCUT2D eigenvalue weighted by atomic mass is 32.2. The Labute approximate surface area is 228 Å². The lowest BCUT2D eigenvalue weighted by atomic mass is 10.0. The van der Waals surface area contributed by atoms with E-state index in [2.05, 4.69) is 40.0 Å². The van der Waals surface area contributed by atoms with Crippen molar-refractivity contribution in [3.63, 3.8) is 0 Å². The molecule has 12 nitrogen and oxygen atoms in total.